The van der Waals surface area contributed by atoms with Crippen LogP contribution in [-0.2, 0) is 0 Å². The molecule has 84 valence electrons. The molecule has 1 rings (SSSR count). The fraction of sp³-hybridized carbons (Fsp3) is 0.538. The van der Waals surface area contributed by atoms with Crippen molar-refractivity contribution < 1.29 is 5.11 Å². The Balaban J connectivity index is 2.90. The standard InChI is InChI=1S/C13H21NO/c1-10-6-7-12(15)11(8-10)14(5)9-13(2,3)4/h6-8,15H,9H2,1-5H3. The third-order valence-electron chi connectivity index (χ3n) is 2.25. The van der Waals surface area contributed by atoms with E-state index in [1.54, 1.807) is 6.07 Å². The number of phenols is 1. The molecule has 0 unspecified atom stereocenters. The second-order valence-corrected chi connectivity index (χ2v) is 5.41. The summed E-state index contributed by atoms with van der Waals surface area (Å²) in [4.78, 5) is 2.10. The maximum atomic E-state index is 9.76. The predicted molar refractivity (Wildman–Crippen MR) is 65.6 cm³/mol. The van der Waals surface area contributed by atoms with E-state index in [4.69, 9.17) is 0 Å². The van der Waals surface area contributed by atoms with Crippen molar-refractivity contribution in [2.24, 2.45) is 5.41 Å². The van der Waals surface area contributed by atoms with Crippen LogP contribution in [0, 0.1) is 12.3 Å². The molecular formula is C13H21NO. The average Bonchev–Trinajstić information content (AvgIpc) is 2.06. The number of benzene rings is 1. The molecular weight excluding hydrogens is 186 g/mol. The van der Waals surface area contributed by atoms with E-state index in [9.17, 15) is 5.11 Å². The molecule has 0 saturated carbocycles. The largest absolute Gasteiger partial charge is 0.506 e. The highest BCUT2D eigenvalue weighted by Crippen LogP contribution is 2.29. The van der Waals surface area contributed by atoms with Crippen LogP contribution >= 0.6 is 0 Å². The summed E-state index contributed by atoms with van der Waals surface area (Å²) in [5.41, 5.74) is 2.30. The Morgan fingerprint density at radius 2 is 1.87 bits per heavy atom. The number of hydrogen-bond donors (Lipinski definition) is 1. The fourth-order valence-corrected chi connectivity index (χ4v) is 1.74. The van der Waals surface area contributed by atoms with Crippen molar-refractivity contribution in [3.63, 3.8) is 0 Å². The van der Waals surface area contributed by atoms with Crippen molar-refractivity contribution in [2.45, 2.75) is 27.7 Å². The summed E-state index contributed by atoms with van der Waals surface area (Å²) in [5.74, 6) is 0.354. The van der Waals surface area contributed by atoms with Gasteiger partial charge in [0.1, 0.15) is 5.75 Å². The lowest BCUT2D eigenvalue weighted by Crippen LogP contribution is -2.29. The van der Waals surface area contributed by atoms with Crippen molar-refractivity contribution in [1.82, 2.24) is 0 Å². The molecule has 0 heterocycles. The Bertz CT molecular complexity index is 339. The average molecular weight is 207 g/mol. The zero-order valence-corrected chi connectivity index (χ0v) is 10.3. The Hall–Kier alpha value is -1.18. The van der Waals surface area contributed by atoms with Gasteiger partial charge < -0.3 is 10.0 Å². The van der Waals surface area contributed by atoms with E-state index in [1.165, 1.54) is 5.56 Å². The Morgan fingerprint density at radius 1 is 1.27 bits per heavy atom. The summed E-state index contributed by atoms with van der Waals surface area (Å²) in [6, 6.07) is 5.69. The lowest BCUT2D eigenvalue weighted by atomic mass is 9.96. The van der Waals surface area contributed by atoms with Crippen LogP contribution in [0.3, 0.4) is 0 Å². The van der Waals surface area contributed by atoms with Crippen LogP contribution in [0.25, 0.3) is 0 Å². The van der Waals surface area contributed by atoms with Crippen molar-refractivity contribution >= 4 is 5.69 Å². The van der Waals surface area contributed by atoms with E-state index in [-0.39, 0.29) is 5.41 Å². The van der Waals surface area contributed by atoms with Crippen LogP contribution in [-0.4, -0.2) is 18.7 Å². The first-order valence-electron chi connectivity index (χ1n) is 5.30. The summed E-state index contributed by atoms with van der Waals surface area (Å²) >= 11 is 0. The number of nitrogens with zero attached hydrogens (tertiary/aromatic N) is 1. The lowest BCUT2D eigenvalue weighted by Gasteiger charge is -2.28. The minimum Gasteiger partial charge on any atom is -0.506 e. The lowest BCUT2D eigenvalue weighted by molar-refractivity contribution is 0.414. The highest BCUT2D eigenvalue weighted by Gasteiger charge is 2.15. The molecule has 15 heavy (non-hydrogen) atoms. The third-order valence-corrected chi connectivity index (χ3v) is 2.25. The van der Waals surface area contributed by atoms with Crippen LogP contribution in [0.2, 0.25) is 0 Å². The number of aromatic hydroxyl groups is 1. The van der Waals surface area contributed by atoms with Crippen molar-refractivity contribution in [3.8, 4) is 5.75 Å². The number of aryl methyl sites for hydroxylation is 1. The summed E-state index contributed by atoms with van der Waals surface area (Å²) in [6.45, 7) is 9.53. The molecule has 2 heteroatoms. The van der Waals surface area contributed by atoms with Crippen molar-refractivity contribution in [2.75, 3.05) is 18.5 Å². The molecule has 0 amide bonds. The highest BCUT2D eigenvalue weighted by molar-refractivity contribution is 5.58. The molecule has 0 aliphatic rings. The van der Waals surface area contributed by atoms with Crippen LogP contribution in [0.4, 0.5) is 5.69 Å². The van der Waals surface area contributed by atoms with E-state index >= 15 is 0 Å². The number of phenolic OH excluding ortho intramolecular Hbond substituents is 1. The van der Waals surface area contributed by atoms with E-state index < -0.39 is 0 Å². The van der Waals surface area contributed by atoms with E-state index in [0.717, 1.165) is 12.2 Å². The topological polar surface area (TPSA) is 23.5 Å². The molecule has 0 fully saturated rings. The van der Waals surface area contributed by atoms with Crippen LogP contribution in [0.5, 0.6) is 5.75 Å². The first-order valence-corrected chi connectivity index (χ1v) is 5.30. The van der Waals surface area contributed by atoms with Crippen LogP contribution in [0.1, 0.15) is 26.3 Å². The molecule has 1 aromatic carbocycles. The quantitative estimate of drug-likeness (QED) is 0.805. The van der Waals surface area contributed by atoms with E-state index in [0.29, 0.717) is 5.75 Å². The summed E-state index contributed by atoms with van der Waals surface area (Å²) in [7, 11) is 2.01. The number of anilines is 1. The Labute approximate surface area is 92.5 Å². The van der Waals surface area contributed by atoms with Gasteiger partial charge >= 0.3 is 0 Å². The normalized spacial score (nSPS) is 11.5. The molecule has 0 aliphatic heterocycles. The van der Waals surface area contributed by atoms with E-state index in [2.05, 4.69) is 25.7 Å². The summed E-state index contributed by atoms with van der Waals surface area (Å²) < 4.78 is 0. The molecule has 0 aliphatic carbocycles. The van der Waals surface area contributed by atoms with Gasteiger partial charge in [-0.15, -0.1) is 0 Å². The summed E-state index contributed by atoms with van der Waals surface area (Å²) in [6.07, 6.45) is 0. The molecule has 1 aromatic rings. The Kier molecular flexibility index (Phi) is 3.28. The minimum absolute atomic E-state index is 0.227. The second-order valence-electron chi connectivity index (χ2n) is 5.41. The minimum atomic E-state index is 0.227. The van der Waals surface area contributed by atoms with Gasteiger partial charge in [0, 0.05) is 13.6 Å². The number of rotatable bonds is 2. The van der Waals surface area contributed by atoms with Gasteiger partial charge in [0.15, 0.2) is 0 Å². The summed E-state index contributed by atoms with van der Waals surface area (Å²) in [5, 5.41) is 9.76. The molecule has 0 spiro atoms. The van der Waals surface area contributed by atoms with Crippen molar-refractivity contribution in [3.05, 3.63) is 23.8 Å². The molecule has 0 bridgehead atoms. The van der Waals surface area contributed by atoms with Gasteiger partial charge in [-0.3, -0.25) is 0 Å². The van der Waals surface area contributed by atoms with Gasteiger partial charge in [0.25, 0.3) is 0 Å². The fourth-order valence-electron chi connectivity index (χ4n) is 1.74. The van der Waals surface area contributed by atoms with Gasteiger partial charge in [-0.2, -0.15) is 0 Å². The SMILES string of the molecule is Cc1ccc(O)c(N(C)CC(C)(C)C)c1. The molecule has 0 radical (unpaired) electrons. The van der Waals surface area contributed by atoms with Crippen LogP contribution in [0.15, 0.2) is 18.2 Å². The first-order chi connectivity index (χ1) is 6.79. The van der Waals surface area contributed by atoms with Gasteiger partial charge in [-0.05, 0) is 30.0 Å². The smallest absolute Gasteiger partial charge is 0.138 e. The predicted octanol–water partition coefficient (Wildman–Crippen LogP) is 3.18. The Morgan fingerprint density at radius 3 is 2.40 bits per heavy atom. The molecule has 2 nitrogen and oxygen atoms in total. The molecule has 0 atom stereocenters. The second kappa shape index (κ2) is 4.13. The zero-order valence-electron chi connectivity index (χ0n) is 10.3. The van der Waals surface area contributed by atoms with Crippen molar-refractivity contribution in [1.29, 1.82) is 0 Å². The first kappa shape index (κ1) is 11.9. The monoisotopic (exact) mass is 207 g/mol. The third kappa shape index (κ3) is 3.46. The van der Waals surface area contributed by atoms with Crippen LogP contribution < -0.4 is 4.90 Å². The number of hydrogen-bond acceptors (Lipinski definition) is 2. The highest BCUT2D eigenvalue weighted by atomic mass is 16.3. The maximum Gasteiger partial charge on any atom is 0.138 e. The molecule has 0 saturated heterocycles. The van der Waals surface area contributed by atoms with E-state index in [1.807, 2.05) is 26.1 Å². The molecule has 0 aromatic heterocycles. The maximum absolute atomic E-state index is 9.76. The van der Waals surface area contributed by atoms with Gasteiger partial charge in [0.05, 0.1) is 5.69 Å². The molecule has 1 N–H and O–H groups in total. The van der Waals surface area contributed by atoms with Gasteiger partial charge in [0.2, 0.25) is 0 Å². The van der Waals surface area contributed by atoms with Gasteiger partial charge in [-0.25, -0.2) is 0 Å². The van der Waals surface area contributed by atoms with Gasteiger partial charge in [-0.1, -0.05) is 26.8 Å². The zero-order chi connectivity index (χ0) is 11.6.